The number of fused-ring (bicyclic) bond motifs is 1. The predicted molar refractivity (Wildman–Crippen MR) is 63.3 cm³/mol. The molecular weight excluding hydrogens is 205 g/mol. The van der Waals surface area contributed by atoms with Crippen LogP contribution in [-0.2, 0) is 6.42 Å². The van der Waals surface area contributed by atoms with Crippen LogP contribution >= 0.6 is 0 Å². The molecule has 2 rings (SSSR count). The van der Waals surface area contributed by atoms with Gasteiger partial charge in [-0.1, -0.05) is 17.7 Å². The van der Waals surface area contributed by atoms with Crippen molar-refractivity contribution in [3.8, 4) is 5.75 Å². The smallest absolute Gasteiger partial charge is 0.123 e. The van der Waals surface area contributed by atoms with Gasteiger partial charge in [0.15, 0.2) is 0 Å². The Morgan fingerprint density at radius 1 is 1.31 bits per heavy atom. The van der Waals surface area contributed by atoms with Crippen LogP contribution in [-0.4, -0.2) is 19.8 Å². The summed E-state index contributed by atoms with van der Waals surface area (Å²) < 4.78 is 17.2. The topological polar surface area (TPSA) is 35.2 Å². The molecule has 0 spiro atoms. The molecule has 0 amide bonds. The van der Waals surface area contributed by atoms with Crippen molar-refractivity contribution in [1.82, 2.24) is 0 Å². The van der Waals surface area contributed by atoms with Crippen LogP contribution in [0.5, 0.6) is 5.75 Å². The lowest BCUT2D eigenvalue weighted by atomic mass is 9.92. The predicted octanol–water partition coefficient (Wildman–Crippen LogP) is 2.32. The molecule has 1 aromatic carbocycles. The van der Waals surface area contributed by atoms with Crippen molar-refractivity contribution in [3.05, 3.63) is 34.9 Å². The maximum atomic E-state index is 12.0. The van der Waals surface area contributed by atoms with Crippen molar-refractivity contribution in [3.63, 3.8) is 0 Å². The van der Waals surface area contributed by atoms with Gasteiger partial charge in [-0.05, 0) is 36.1 Å². The average molecular weight is 221 g/mol. The number of benzene rings is 1. The first-order valence-electron chi connectivity index (χ1n) is 5.54. The van der Waals surface area contributed by atoms with E-state index in [2.05, 4.69) is 6.08 Å². The lowest BCUT2D eigenvalue weighted by Gasteiger charge is -2.16. The third-order valence-corrected chi connectivity index (χ3v) is 2.80. The maximum absolute atomic E-state index is 12.0. The van der Waals surface area contributed by atoms with E-state index in [1.807, 2.05) is 18.2 Å². The minimum Gasteiger partial charge on any atom is -0.491 e. The molecule has 3 heteroatoms. The van der Waals surface area contributed by atoms with E-state index in [4.69, 9.17) is 10.5 Å². The van der Waals surface area contributed by atoms with Crippen molar-refractivity contribution >= 4 is 6.08 Å². The fourth-order valence-corrected chi connectivity index (χ4v) is 1.93. The van der Waals surface area contributed by atoms with E-state index in [1.165, 1.54) is 16.7 Å². The second-order valence-corrected chi connectivity index (χ2v) is 3.90. The van der Waals surface area contributed by atoms with E-state index < -0.39 is 6.67 Å². The molecule has 0 saturated heterocycles. The van der Waals surface area contributed by atoms with E-state index in [-0.39, 0.29) is 6.61 Å². The molecule has 0 aliphatic heterocycles. The van der Waals surface area contributed by atoms with Gasteiger partial charge in [0.1, 0.15) is 19.0 Å². The van der Waals surface area contributed by atoms with Crippen molar-refractivity contribution in [2.75, 3.05) is 19.8 Å². The molecule has 1 aromatic rings. The highest BCUT2D eigenvalue weighted by Gasteiger charge is 2.10. The standard InChI is InChI=1S/C13H16FNO/c14-5-6-16-13-4-3-11-7-10(9-15)1-2-12(11)8-13/h3-4,7-8H,1-2,5-6,9,15H2. The summed E-state index contributed by atoms with van der Waals surface area (Å²) in [7, 11) is 0. The Kier molecular flexibility index (Phi) is 3.57. The molecule has 1 aliphatic carbocycles. The first-order valence-corrected chi connectivity index (χ1v) is 5.54. The van der Waals surface area contributed by atoms with Crippen molar-refractivity contribution in [2.45, 2.75) is 12.8 Å². The van der Waals surface area contributed by atoms with Crippen LogP contribution in [0.15, 0.2) is 23.8 Å². The molecule has 86 valence electrons. The molecular formula is C13H16FNO. The Balaban J connectivity index is 2.18. The van der Waals surface area contributed by atoms with E-state index in [1.54, 1.807) is 0 Å². The first kappa shape index (κ1) is 11.1. The van der Waals surface area contributed by atoms with E-state index >= 15 is 0 Å². The molecule has 0 fully saturated rings. The van der Waals surface area contributed by atoms with Gasteiger partial charge in [-0.2, -0.15) is 0 Å². The summed E-state index contributed by atoms with van der Waals surface area (Å²) in [6.45, 7) is 0.302. The summed E-state index contributed by atoms with van der Waals surface area (Å²) >= 11 is 0. The van der Waals surface area contributed by atoms with E-state index in [0.29, 0.717) is 6.54 Å². The zero-order valence-corrected chi connectivity index (χ0v) is 9.21. The summed E-state index contributed by atoms with van der Waals surface area (Å²) in [5.41, 5.74) is 9.37. The fraction of sp³-hybridized carbons (Fsp3) is 0.385. The number of rotatable bonds is 4. The second kappa shape index (κ2) is 5.12. The Morgan fingerprint density at radius 3 is 2.94 bits per heavy atom. The number of alkyl halides is 1. The van der Waals surface area contributed by atoms with Crippen LogP contribution < -0.4 is 10.5 Å². The quantitative estimate of drug-likeness (QED) is 0.846. The van der Waals surface area contributed by atoms with Gasteiger partial charge < -0.3 is 10.5 Å². The van der Waals surface area contributed by atoms with Gasteiger partial charge >= 0.3 is 0 Å². The molecule has 0 unspecified atom stereocenters. The third-order valence-electron chi connectivity index (χ3n) is 2.80. The highest BCUT2D eigenvalue weighted by Crippen LogP contribution is 2.26. The minimum absolute atomic E-state index is 0.128. The molecule has 0 radical (unpaired) electrons. The van der Waals surface area contributed by atoms with E-state index in [9.17, 15) is 4.39 Å². The molecule has 0 atom stereocenters. The van der Waals surface area contributed by atoms with Crippen LogP contribution in [0, 0.1) is 0 Å². The number of halogens is 1. The SMILES string of the molecule is NCC1=Cc2ccc(OCCF)cc2CC1. The maximum Gasteiger partial charge on any atom is 0.123 e. The Labute approximate surface area is 94.9 Å². The monoisotopic (exact) mass is 221 g/mol. The van der Waals surface area contributed by atoms with Crippen LogP contribution in [0.2, 0.25) is 0 Å². The largest absolute Gasteiger partial charge is 0.491 e. The Morgan fingerprint density at radius 2 is 2.19 bits per heavy atom. The highest BCUT2D eigenvalue weighted by molar-refractivity contribution is 5.61. The Hall–Kier alpha value is -1.35. The number of aryl methyl sites for hydroxylation is 1. The fourth-order valence-electron chi connectivity index (χ4n) is 1.93. The zero-order valence-electron chi connectivity index (χ0n) is 9.21. The lowest BCUT2D eigenvalue weighted by molar-refractivity contribution is 0.273. The van der Waals surface area contributed by atoms with Gasteiger partial charge in [-0.15, -0.1) is 0 Å². The summed E-state index contributed by atoms with van der Waals surface area (Å²) in [5.74, 6) is 0.751. The molecule has 2 nitrogen and oxygen atoms in total. The van der Waals surface area contributed by atoms with Gasteiger partial charge in [0, 0.05) is 6.54 Å². The number of ether oxygens (including phenoxy) is 1. The number of nitrogens with two attached hydrogens (primary N) is 1. The van der Waals surface area contributed by atoms with Crippen molar-refractivity contribution in [1.29, 1.82) is 0 Å². The average Bonchev–Trinajstić information content (AvgIpc) is 2.35. The van der Waals surface area contributed by atoms with Gasteiger partial charge in [0.25, 0.3) is 0 Å². The van der Waals surface area contributed by atoms with Crippen LogP contribution in [0.1, 0.15) is 17.5 Å². The van der Waals surface area contributed by atoms with Crippen molar-refractivity contribution < 1.29 is 9.13 Å². The third kappa shape index (κ3) is 2.42. The molecule has 0 saturated carbocycles. The summed E-state index contributed by atoms with van der Waals surface area (Å²) in [4.78, 5) is 0. The second-order valence-electron chi connectivity index (χ2n) is 3.90. The van der Waals surface area contributed by atoms with Crippen LogP contribution in [0.3, 0.4) is 0 Å². The van der Waals surface area contributed by atoms with Gasteiger partial charge in [-0.25, -0.2) is 4.39 Å². The Bertz CT molecular complexity index is 401. The molecule has 0 bridgehead atoms. The highest BCUT2D eigenvalue weighted by atomic mass is 19.1. The molecule has 1 aliphatic rings. The summed E-state index contributed by atoms with van der Waals surface area (Å²) in [6.07, 6.45) is 4.14. The summed E-state index contributed by atoms with van der Waals surface area (Å²) in [6, 6.07) is 5.89. The van der Waals surface area contributed by atoms with E-state index in [0.717, 1.165) is 18.6 Å². The molecule has 0 heterocycles. The van der Waals surface area contributed by atoms with Gasteiger partial charge in [0.05, 0.1) is 0 Å². The van der Waals surface area contributed by atoms with Crippen molar-refractivity contribution in [2.24, 2.45) is 5.73 Å². The molecule has 0 aromatic heterocycles. The first-order chi connectivity index (χ1) is 7.83. The normalized spacial score (nSPS) is 14.2. The van der Waals surface area contributed by atoms with Crippen LogP contribution in [0.25, 0.3) is 6.08 Å². The molecule has 2 N–H and O–H groups in total. The number of hydrogen-bond donors (Lipinski definition) is 1. The zero-order chi connectivity index (χ0) is 11.4. The summed E-state index contributed by atoms with van der Waals surface area (Å²) in [5, 5.41) is 0. The van der Waals surface area contributed by atoms with Gasteiger partial charge in [0.2, 0.25) is 0 Å². The minimum atomic E-state index is -0.450. The lowest BCUT2D eigenvalue weighted by Crippen LogP contribution is -2.08. The van der Waals surface area contributed by atoms with Gasteiger partial charge in [-0.3, -0.25) is 0 Å². The van der Waals surface area contributed by atoms with Crippen LogP contribution in [0.4, 0.5) is 4.39 Å². The number of hydrogen-bond acceptors (Lipinski definition) is 2. The molecule has 16 heavy (non-hydrogen) atoms.